The Hall–Kier alpha value is -0.410. The van der Waals surface area contributed by atoms with Crippen LogP contribution in [0.2, 0.25) is 0 Å². The zero-order chi connectivity index (χ0) is 12.3. The van der Waals surface area contributed by atoms with Gasteiger partial charge >= 0.3 is 0 Å². The third-order valence-electron chi connectivity index (χ3n) is 3.37. The molecule has 1 aromatic heterocycles. The fourth-order valence-electron chi connectivity index (χ4n) is 2.29. The number of hydrogen-bond acceptors (Lipinski definition) is 3. The lowest BCUT2D eigenvalue weighted by molar-refractivity contribution is 0.371. The van der Waals surface area contributed by atoms with Crippen molar-refractivity contribution in [3.8, 4) is 0 Å². The monoisotopic (exact) mass is 252 g/mol. The molecule has 1 heterocycles. The lowest BCUT2D eigenvalue weighted by Crippen LogP contribution is -2.30. The molecule has 1 saturated carbocycles. The molecule has 3 heteroatoms. The van der Waals surface area contributed by atoms with Crippen molar-refractivity contribution in [2.24, 2.45) is 0 Å². The van der Waals surface area contributed by atoms with Gasteiger partial charge in [-0.05, 0) is 12.8 Å². The Balaban J connectivity index is 1.84. The van der Waals surface area contributed by atoms with Gasteiger partial charge in [-0.3, -0.25) is 0 Å². The van der Waals surface area contributed by atoms with Crippen LogP contribution in [0.25, 0.3) is 0 Å². The molecule has 1 aromatic rings. The molecule has 0 unspecified atom stereocenters. The van der Waals surface area contributed by atoms with Crippen LogP contribution in [-0.4, -0.2) is 11.0 Å². The van der Waals surface area contributed by atoms with Crippen molar-refractivity contribution in [2.75, 3.05) is 0 Å². The van der Waals surface area contributed by atoms with Crippen LogP contribution in [0, 0.1) is 0 Å². The fourth-order valence-corrected chi connectivity index (χ4v) is 3.20. The Morgan fingerprint density at radius 3 is 2.59 bits per heavy atom. The van der Waals surface area contributed by atoms with Crippen LogP contribution in [0.4, 0.5) is 0 Å². The minimum Gasteiger partial charge on any atom is -0.308 e. The van der Waals surface area contributed by atoms with E-state index < -0.39 is 0 Å². The molecule has 0 amide bonds. The van der Waals surface area contributed by atoms with Gasteiger partial charge in [0, 0.05) is 23.4 Å². The highest BCUT2D eigenvalue weighted by Crippen LogP contribution is 2.25. The molecular weight excluding hydrogens is 228 g/mol. The Kier molecular flexibility index (Phi) is 4.21. The van der Waals surface area contributed by atoms with Crippen LogP contribution in [-0.2, 0) is 12.0 Å². The molecule has 1 fully saturated rings. The summed E-state index contributed by atoms with van der Waals surface area (Å²) >= 11 is 1.79. The van der Waals surface area contributed by atoms with Crippen molar-refractivity contribution < 1.29 is 0 Å². The zero-order valence-corrected chi connectivity index (χ0v) is 12.1. The minimum atomic E-state index is 0.188. The summed E-state index contributed by atoms with van der Waals surface area (Å²) in [4.78, 5) is 4.72. The molecule has 0 aromatic carbocycles. The second-order valence-electron chi connectivity index (χ2n) is 6.11. The number of hydrogen-bond donors (Lipinski definition) is 1. The first kappa shape index (κ1) is 13.0. The summed E-state index contributed by atoms with van der Waals surface area (Å²) in [5, 5.41) is 7.10. The molecule has 0 atom stereocenters. The van der Waals surface area contributed by atoms with Gasteiger partial charge in [0.1, 0.15) is 0 Å². The highest BCUT2D eigenvalue weighted by Gasteiger charge is 2.18. The lowest BCUT2D eigenvalue weighted by Gasteiger charge is -2.22. The maximum atomic E-state index is 4.72. The number of nitrogens with zero attached hydrogens (tertiary/aromatic N) is 1. The standard InChI is InChI=1S/C14H24N2S/c1-14(2,3)13-16-12(10-17-13)9-15-11-7-5-4-6-8-11/h10-11,15H,4-9H2,1-3H3. The van der Waals surface area contributed by atoms with E-state index in [1.54, 1.807) is 11.3 Å². The highest BCUT2D eigenvalue weighted by atomic mass is 32.1. The topological polar surface area (TPSA) is 24.9 Å². The van der Waals surface area contributed by atoms with E-state index in [4.69, 9.17) is 4.98 Å². The maximum Gasteiger partial charge on any atom is 0.0982 e. The molecule has 1 aliphatic carbocycles. The van der Waals surface area contributed by atoms with Gasteiger partial charge in [-0.15, -0.1) is 11.3 Å². The summed E-state index contributed by atoms with van der Waals surface area (Å²) in [7, 11) is 0. The Labute approximate surface area is 109 Å². The molecule has 0 bridgehead atoms. The smallest absolute Gasteiger partial charge is 0.0982 e. The zero-order valence-electron chi connectivity index (χ0n) is 11.3. The van der Waals surface area contributed by atoms with E-state index in [-0.39, 0.29) is 5.41 Å². The van der Waals surface area contributed by atoms with Gasteiger partial charge in [-0.2, -0.15) is 0 Å². The van der Waals surface area contributed by atoms with Gasteiger partial charge < -0.3 is 5.32 Å². The molecule has 1 aliphatic rings. The van der Waals surface area contributed by atoms with Crippen molar-refractivity contribution >= 4 is 11.3 Å². The van der Waals surface area contributed by atoms with E-state index in [1.165, 1.54) is 42.8 Å². The number of aromatic nitrogens is 1. The molecule has 96 valence electrons. The van der Waals surface area contributed by atoms with Gasteiger partial charge in [0.25, 0.3) is 0 Å². The SMILES string of the molecule is CC(C)(C)c1nc(CNC2CCCCC2)cs1. The molecule has 2 rings (SSSR count). The summed E-state index contributed by atoms with van der Waals surface area (Å²) in [6, 6.07) is 0.725. The van der Waals surface area contributed by atoms with Gasteiger partial charge in [-0.25, -0.2) is 4.98 Å². The molecule has 0 radical (unpaired) electrons. The molecule has 0 saturated heterocycles. The summed E-state index contributed by atoms with van der Waals surface area (Å²) in [6.45, 7) is 7.62. The second-order valence-corrected chi connectivity index (χ2v) is 6.97. The quantitative estimate of drug-likeness (QED) is 0.883. The van der Waals surface area contributed by atoms with Crippen molar-refractivity contribution in [3.05, 3.63) is 16.1 Å². The maximum absolute atomic E-state index is 4.72. The molecule has 0 spiro atoms. The van der Waals surface area contributed by atoms with Crippen molar-refractivity contribution in [1.82, 2.24) is 10.3 Å². The van der Waals surface area contributed by atoms with E-state index in [1.807, 2.05) is 0 Å². The van der Waals surface area contributed by atoms with Crippen LogP contribution >= 0.6 is 11.3 Å². The first-order chi connectivity index (χ1) is 8.05. The van der Waals surface area contributed by atoms with E-state index in [0.717, 1.165) is 12.6 Å². The summed E-state index contributed by atoms with van der Waals surface area (Å²) in [6.07, 6.45) is 6.89. The lowest BCUT2D eigenvalue weighted by atomic mass is 9.95. The molecule has 2 nitrogen and oxygen atoms in total. The van der Waals surface area contributed by atoms with Crippen LogP contribution in [0.5, 0.6) is 0 Å². The average Bonchev–Trinajstić information content (AvgIpc) is 2.76. The minimum absolute atomic E-state index is 0.188. The average molecular weight is 252 g/mol. The van der Waals surface area contributed by atoms with Gasteiger partial charge in [0.2, 0.25) is 0 Å². The van der Waals surface area contributed by atoms with Crippen molar-refractivity contribution in [1.29, 1.82) is 0 Å². The summed E-state index contributed by atoms with van der Waals surface area (Å²) < 4.78 is 0. The van der Waals surface area contributed by atoms with Gasteiger partial charge in [-0.1, -0.05) is 40.0 Å². The largest absolute Gasteiger partial charge is 0.308 e. The molecule has 1 N–H and O–H groups in total. The summed E-state index contributed by atoms with van der Waals surface area (Å²) in [5.74, 6) is 0. The number of nitrogens with one attached hydrogen (secondary N) is 1. The highest BCUT2D eigenvalue weighted by molar-refractivity contribution is 7.09. The van der Waals surface area contributed by atoms with E-state index in [2.05, 4.69) is 31.5 Å². The predicted molar refractivity (Wildman–Crippen MR) is 74.5 cm³/mol. The molecule has 0 aliphatic heterocycles. The number of rotatable bonds is 3. The summed E-state index contributed by atoms with van der Waals surface area (Å²) in [5.41, 5.74) is 1.40. The van der Waals surface area contributed by atoms with Crippen molar-refractivity contribution in [3.63, 3.8) is 0 Å². The van der Waals surface area contributed by atoms with Crippen molar-refractivity contribution in [2.45, 2.75) is 70.9 Å². The predicted octanol–water partition coefficient (Wildman–Crippen LogP) is 3.86. The second kappa shape index (κ2) is 5.49. The van der Waals surface area contributed by atoms with Crippen LogP contribution in [0.1, 0.15) is 63.6 Å². The Morgan fingerprint density at radius 2 is 2.00 bits per heavy atom. The number of thiazole rings is 1. The molecular formula is C14H24N2S. The van der Waals surface area contributed by atoms with E-state index in [0.29, 0.717) is 0 Å². The first-order valence-electron chi connectivity index (χ1n) is 6.74. The van der Waals surface area contributed by atoms with Crippen LogP contribution in [0.15, 0.2) is 5.38 Å². The van der Waals surface area contributed by atoms with Crippen LogP contribution < -0.4 is 5.32 Å². The van der Waals surface area contributed by atoms with Crippen LogP contribution in [0.3, 0.4) is 0 Å². The fraction of sp³-hybridized carbons (Fsp3) is 0.786. The normalized spacial score (nSPS) is 18.5. The molecule has 17 heavy (non-hydrogen) atoms. The van der Waals surface area contributed by atoms with E-state index >= 15 is 0 Å². The Morgan fingerprint density at radius 1 is 1.29 bits per heavy atom. The third-order valence-corrected chi connectivity index (χ3v) is 4.69. The van der Waals surface area contributed by atoms with E-state index in [9.17, 15) is 0 Å². The van der Waals surface area contributed by atoms with Gasteiger partial charge in [0.15, 0.2) is 0 Å². The Bertz CT molecular complexity index is 345. The van der Waals surface area contributed by atoms with Gasteiger partial charge in [0.05, 0.1) is 10.7 Å². The first-order valence-corrected chi connectivity index (χ1v) is 7.62. The third kappa shape index (κ3) is 3.78.